The van der Waals surface area contributed by atoms with Gasteiger partial charge in [-0.05, 0) is 54.5 Å². The summed E-state index contributed by atoms with van der Waals surface area (Å²) >= 11 is 3.42. The lowest BCUT2D eigenvalue weighted by atomic mass is 10.0. The van der Waals surface area contributed by atoms with Crippen LogP contribution in [0, 0.1) is 6.92 Å². The highest BCUT2D eigenvalue weighted by Crippen LogP contribution is 2.22. The van der Waals surface area contributed by atoms with E-state index in [-0.39, 0.29) is 16.9 Å². The molecular formula is C20H16BrNO3. The molecule has 1 aromatic heterocycles. The molecule has 0 saturated heterocycles. The van der Waals surface area contributed by atoms with E-state index in [1.807, 2.05) is 42.5 Å². The van der Waals surface area contributed by atoms with Crippen LogP contribution in [0.5, 0.6) is 5.75 Å². The van der Waals surface area contributed by atoms with Crippen molar-refractivity contribution in [1.82, 2.24) is 4.98 Å². The number of rotatable bonds is 4. The van der Waals surface area contributed by atoms with Crippen LogP contribution in [0.1, 0.15) is 21.5 Å². The van der Waals surface area contributed by atoms with E-state index in [0.717, 1.165) is 21.2 Å². The first kappa shape index (κ1) is 17.2. The van der Waals surface area contributed by atoms with Crippen LogP contribution in [0.15, 0.2) is 57.8 Å². The highest BCUT2D eigenvalue weighted by atomic mass is 79.9. The van der Waals surface area contributed by atoms with Crippen molar-refractivity contribution in [3.63, 3.8) is 0 Å². The fourth-order valence-corrected chi connectivity index (χ4v) is 3.05. The molecule has 0 aliphatic carbocycles. The van der Waals surface area contributed by atoms with Crippen molar-refractivity contribution < 1.29 is 9.53 Å². The fraction of sp³-hybridized carbons (Fsp3) is 0.100. The third kappa shape index (κ3) is 3.56. The summed E-state index contributed by atoms with van der Waals surface area (Å²) in [6.45, 7) is 1.79. The fourth-order valence-electron chi connectivity index (χ4n) is 2.69. The number of ketones is 1. The highest BCUT2D eigenvalue weighted by molar-refractivity contribution is 9.10. The molecule has 1 heterocycles. The standard InChI is InChI=1S/C20H16BrNO3/c1-12-16-11-14(21)6-9-17(16)22-20(24)19(12)18(23)10-5-13-3-7-15(25-2)8-4-13/h3-11H,1-2H3,(H,22,24). The Balaban J connectivity index is 1.98. The number of aromatic amines is 1. The van der Waals surface area contributed by atoms with Gasteiger partial charge in [0, 0.05) is 15.4 Å². The van der Waals surface area contributed by atoms with Crippen molar-refractivity contribution in [2.24, 2.45) is 0 Å². The summed E-state index contributed by atoms with van der Waals surface area (Å²) in [5.74, 6) is 0.423. The average Bonchev–Trinajstić information content (AvgIpc) is 2.61. The van der Waals surface area contributed by atoms with Gasteiger partial charge in [0.2, 0.25) is 0 Å². The van der Waals surface area contributed by atoms with E-state index in [1.165, 1.54) is 6.08 Å². The lowest BCUT2D eigenvalue weighted by Crippen LogP contribution is -2.18. The van der Waals surface area contributed by atoms with Gasteiger partial charge in [-0.25, -0.2) is 0 Å². The highest BCUT2D eigenvalue weighted by Gasteiger charge is 2.14. The van der Waals surface area contributed by atoms with Gasteiger partial charge >= 0.3 is 0 Å². The van der Waals surface area contributed by atoms with Crippen LogP contribution in [-0.2, 0) is 0 Å². The zero-order valence-corrected chi connectivity index (χ0v) is 15.4. The van der Waals surface area contributed by atoms with Crippen LogP contribution >= 0.6 is 15.9 Å². The van der Waals surface area contributed by atoms with Gasteiger partial charge in [0.1, 0.15) is 5.75 Å². The molecule has 1 N–H and O–H groups in total. The molecule has 0 fully saturated rings. The largest absolute Gasteiger partial charge is 0.497 e. The molecular weight excluding hydrogens is 382 g/mol. The van der Waals surface area contributed by atoms with E-state index in [2.05, 4.69) is 20.9 Å². The number of hydrogen-bond acceptors (Lipinski definition) is 3. The Hall–Kier alpha value is -2.66. The van der Waals surface area contributed by atoms with Gasteiger partial charge < -0.3 is 9.72 Å². The van der Waals surface area contributed by atoms with Gasteiger partial charge in [-0.3, -0.25) is 9.59 Å². The van der Waals surface area contributed by atoms with Crippen LogP contribution in [0.3, 0.4) is 0 Å². The molecule has 0 saturated carbocycles. The molecule has 0 spiro atoms. The number of pyridine rings is 1. The first-order valence-electron chi connectivity index (χ1n) is 7.68. The predicted molar refractivity (Wildman–Crippen MR) is 103 cm³/mol. The average molecular weight is 398 g/mol. The van der Waals surface area contributed by atoms with Crippen molar-refractivity contribution in [3.05, 3.63) is 80.1 Å². The van der Waals surface area contributed by atoms with E-state index in [0.29, 0.717) is 11.1 Å². The summed E-state index contributed by atoms with van der Waals surface area (Å²) in [6, 6.07) is 12.9. The number of hydrogen-bond donors (Lipinski definition) is 1. The molecule has 0 atom stereocenters. The number of aromatic nitrogens is 1. The molecule has 2 aromatic carbocycles. The van der Waals surface area contributed by atoms with Gasteiger partial charge in [0.15, 0.2) is 5.78 Å². The number of aryl methyl sites for hydroxylation is 1. The summed E-state index contributed by atoms with van der Waals surface area (Å²) in [7, 11) is 1.60. The van der Waals surface area contributed by atoms with Crippen molar-refractivity contribution in [2.75, 3.05) is 7.11 Å². The van der Waals surface area contributed by atoms with E-state index in [1.54, 1.807) is 20.1 Å². The number of methoxy groups -OCH3 is 1. The van der Waals surface area contributed by atoms with Crippen LogP contribution < -0.4 is 10.3 Å². The van der Waals surface area contributed by atoms with E-state index in [9.17, 15) is 9.59 Å². The minimum Gasteiger partial charge on any atom is -0.497 e. The molecule has 0 amide bonds. The maximum atomic E-state index is 12.6. The summed E-state index contributed by atoms with van der Waals surface area (Å²) in [4.78, 5) is 27.7. The molecule has 0 bridgehead atoms. The number of allylic oxidation sites excluding steroid dienone is 1. The lowest BCUT2D eigenvalue weighted by molar-refractivity contribution is 0.104. The number of fused-ring (bicyclic) bond motifs is 1. The Bertz CT molecular complexity index is 1030. The third-order valence-corrected chi connectivity index (χ3v) is 4.52. The summed E-state index contributed by atoms with van der Waals surface area (Å²) in [5.41, 5.74) is 2.02. The maximum Gasteiger partial charge on any atom is 0.259 e. The van der Waals surface area contributed by atoms with Gasteiger partial charge in [-0.15, -0.1) is 0 Å². The number of halogens is 1. The molecule has 126 valence electrons. The zero-order valence-electron chi connectivity index (χ0n) is 13.8. The monoisotopic (exact) mass is 397 g/mol. The van der Waals surface area contributed by atoms with Gasteiger partial charge in [0.05, 0.1) is 12.7 Å². The first-order chi connectivity index (χ1) is 12.0. The molecule has 0 aliphatic heterocycles. The van der Waals surface area contributed by atoms with Crippen molar-refractivity contribution in [1.29, 1.82) is 0 Å². The summed E-state index contributed by atoms with van der Waals surface area (Å²) in [6.07, 6.45) is 3.11. The second-order valence-corrected chi connectivity index (χ2v) is 6.53. The zero-order chi connectivity index (χ0) is 18.0. The molecule has 0 unspecified atom stereocenters. The van der Waals surface area contributed by atoms with Crippen molar-refractivity contribution >= 4 is 38.7 Å². The first-order valence-corrected chi connectivity index (χ1v) is 8.47. The van der Waals surface area contributed by atoms with Gasteiger partial charge in [-0.1, -0.05) is 34.1 Å². The molecule has 25 heavy (non-hydrogen) atoms. The number of nitrogens with one attached hydrogen (secondary N) is 1. The van der Waals surface area contributed by atoms with Crippen molar-refractivity contribution in [2.45, 2.75) is 6.92 Å². The van der Waals surface area contributed by atoms with E-state index >= 15 is 0 Å². The second-order valence-electron chi connectivity index (χ2n) is 5.61. The number of benzene rings is 2. The molecule has 3 rings (SSSR count). The minimum absolute atomic E-state index is 0.162. The predicted octanol–water partition coefficient (Wildman–Crippen LogP) is 4.50. The lowest BCUT2D eigenvalue weighted by Gasteiger charge is -2.07. The number of carbonyl (C=O) groups is 1. The van der Waals surface area contributed by atoms with Crippen LogP contribution in [-0.4, -0.2) is 17.9 Å². The quantitative estimate of drug-likeness (QED) is 0.520. The minimum atomic E-state index is -0.378. The number of H-pyrrole nitrogens is 1. The molecule has 4 nitrogen and oxygen atoms in total. The molecule has 3 aromatic rings. The van der Waals surface area contributed by atoms with Crippen LogP contribution in [0.4, 0.5) is 0 Å². The number of ether oxygens (including phenoxy) is 1. The Morgan fingerprint density at radius 1 is 1.16 bits per heavy atom. The van der Waals surface area contributed by atoms with Gasteiger partial charge in [-0.2, -0.15) is 0 Å². The Labute approximate surface area is 153 Å². The molecule has 0 aliphatic rings. The van der Waals surface area contributed by atoms with E-state index < -0.39 is 0 Å². The van der Waals surface area contributed by atoms with Crippen molar-refractivity contribution in [3.8, 4) is 5.75 Å². The SMILES string of the molecule is COc1ccc(C=CC(=O)c2c(C)c3cc(Br)ccc3[nH]c2=O)cc1. The van der Waals surface area contributed by atoms with Crippen LogP contribution in [0.2, 0.25) is 0 Å². The smallest absolute Gasteiger partial charge is 0.259 e. The second kappa shape index (κ2) is 7.07. The Morgan fingerprint density at radius 2 is 1.88 bits per heavy atom. The molecule has 5 heteroatoms. The van der Waals surface area contributed by atoms with Gasteiger partial charge in [0.25, 0.3) is 5.56 Å². The molecule has 0 radical (unpaired) electrons. The van der Waals surface area contributed by atoms with E-state index in [4.69, 9.17) is 4.74 Å². The van der Waals surface area contributed by atoms with Crippen LogP contribution in [0.25, 0.3) is 17.0 Å². The summed E-state index contributed by atoms with van der Waals surface area (Å²) < 4.78 is 6.00. The Morgan fingerprint density at radius 3 is 2.56 bits per heavy atom. The topological polar surface area (TPSA) is 59.2 Å². The number of carbonyl (C=O) groups excluding carboxylic acids is 1. The third-order valence-electron chi connectivity index (χ3n) is 4.03. The maximum absolute atomic E-state index is 12.6. The normalized spacial score (nSPS) is 11.2. The summed E-state index contributed by atoms with van der Waals surface area (Å²) in [5, 5.41) is 0.843. The Kier molecular flexibility index (Phi) is 4.86.